The largest absolute Gasteiger partial charge is 0.390 e. The number of hydrogen-bond donors (Lipinski definition) is 2. The van der Waals surface area contributed by atoms with Gasteiger partial charge in [-0.15, -0.1) is 11.3 Å². The summed E-state index contributed by atoms with van der Waals surface area (Å²) in [5.74, 6) is -0.364. The molecule has 1 heterocycles. The molecule has 3 N–H and O–H groups in total. The quantitative estimate of drug-likeness (QED) is 0.670. The number of thiophene rings is 1. The fourth-order valence-corrected chi connectivity index (χ4v) is 2.62. The standard InChI is InChI=1S/C12H10ClN3O3S/c13-10-5-9(11(14)20-10)12(17)15-6-7-2-1-3-8(4-7)16(18)19/h1-5H,6,14H2,(H,15,17). The highest BCUT2D eigenvalue weighted by atomic mass is 35.5. The zero-order valence-electron chi connectivity index (χ0n) is 10.1. The van der Waals surface area contributed by atoms with E-state index in [1.54, 1.807) is 12.1 Å². The summed E-state index contributed by atoms with van der Waals surface area (Å²) in [4.78, 5) is 22.1. The Hall–Kier alpha value is -2.12. The molecule has 6 nitrogen and oxygen atoms in total. The molecular weight excluding hydrogens is 302 g/mol. The van der Waals surface area contributed by atoms with E-state index >= 15 is 0 Å². The fraction of sp³-hybridized carbons (Fsp3) is 0.0833. The van der Waals surface area contributed by atoms with Gasteiger partial charge in [-0.05, 0) is 11.6 Å². The summed E-state index contributed by atoms with van der Waals surface area (Å²) in [6.45, 7) is 0.174. The average molecular weight is 312 g/mol. The second-order valence-corrected chi connectivity index (χ2v) is 5.65. The molecule has 1 amide bonds. The van der Waals surface area contributed by atoms with E-state index in [4.69, 9.17) is 17.3 Å². The van der Waals surface area contributed by atoms with Gasteiger partial charge in [-0.3, -0.25) is 14.9 Å². The summed E-state index contributed by atoms with van der Waals surface area (Å²) >= 11 is 6.88. The average Bonchev–Trinajstić information content (AvgIpc) is 2.75. The zero-order valence-corrected chi connectivity index (χ0v) is 11.7. The summed E-state index contributed by atoms with van der Waals surface area (Å²) in [5, 5.41) is 13.6. The maximum Gasteiger partial charge on any atom is 0.269 e. The topological polar surface area (TPSA) is 98.3 Å². The number of halogens is 1. The van der Waals surface area contributed by atoms with E-state index in [1.807, 2.05) is 0 Å². The Morgan fingerprint density at radius 2 is 2.20 bits per heavy atom. The van der Waals surface area contributed by atoms with Crippen LogP contribution in [0.2, 0.25) is 4.34 Å². The van der Waals surface area contributed by atoms with Crippen LogP contribution in [0.5, 0.6) is 0 Å². The van der Waals surface area contributed by atoms with Crippen LogP contribution in [0.1, 0.15) is 15.9 Å². The third kappa shape index (κ3) is 3.25. The number of hydrogen-bond acceptors (Lipinski definition) is 5. The van der Waals surface area contributed by atoms with E-state index in [0.29, 0.717) is 20.5 Å². The lowest BCUT2D eigenvalue weighted by molar-refractivity contribution is -0.384. The third-order valence-electron chi connectivity index (χ3n) is 2.55. The second kappa shape index (κ2) is 5.89. The number of benzene rings is 1. The summed E-state index contributed by atoms with van der Waals surface area (Å²) < 4.78 is 0.433. The highest BCUT2D eigenvalue weighted by Gasteiger charge is 2.13. The van der Waals surface area contributed by atoms with Crippen molar-refractivity contribution in [1.29, 1.82) is 0 Å². The molecule has 2 aromatic rings. The molecule has 0 aliphatic carbocycles. The van der Waals surface area contributed by atoms with E-state index < -0.39 is 4.92 Å². The lowest BCUT2D eigenvalue weighted by Gasteiger charge is -2.04. The van der Waals surface area contributed by atoms with Gasteiger partial charge < -0.3 is 11.1 Å². The minimum Gasteiger partial charge on any atom is -0.390 e. The molecular formula is C12H10ClN3O3S. The summed E-state index contributed by atoms with van der Waals surface area (Å²) in [5.41, 5.74) is 6.58. The monoisotopic (exact) mass is 311 g/mol. The number of non-ortho nitro benzene ring substituents is 1. The SMILES string of the molecule is Nc1sc(Cl)cc1C(=O)NCc1cccc([N+](=O)[O-])c1. The zero-order chi connectivity index (χ0) is 14.7. The first-order chi connectivity index (χ1) is 9.47. The van der Waals surface area contributed by atoms with Gasteiger partial charge in [0.15, 0.2) is 0 Å². The number of nitrogen functional groups attached to an aromatic ring is 1. The number of anilines is 1. The predicted molar refractivity (Wildman–Crippen MR) is 78.0 cm³/mol. The van der Waals surface area contributed by atoms with E-state index in [0.717, 1.165) is 11.3 Å². The van der Waals surface area contributed by atoms with Crippen LogP contribution < -0.4 is 11.1 Å². The Morgan fingerprint density at radius 3 is 2.80 bits per heavy atom. The van der Waals surface area contributed by atoms with Gasteiger partial charge >= 0.3 is 0 Å². The molecule has 8 heteroatoms. The Balaban J connectivity index is 2.05. The summed E-state index contributed by atoms with van der Waals surface area (Å²) in [6.07, 6.45) is 0. The Labute approximate surface area is 123 Å². The molecule has 0 bridgehead atoms. The van der Waals surface area contributed by atoms with Crippen LogP contribution >= 0.6 is 22.9 Å². The van der Waals surface area contributed by atoms with Crippen molar-refractivity contribution < 1.29 is 9.72 Å². The number of rotatable bonds is 4. The number of nitrogens with zero attached hydrogens (tertiary/aromatic N) is 1. The van der Waals surface area contributed by atoms with E-state index in [-0.39, 0.29) is 18.1 Å². The molecule has 104 valence electrons. The first-order valence-corrected chi connectivity index (χ1v) is 6.73. The van der Waals surface area contributed by atoms with Gasteiger partial charge in [0.05, 0.1) is 14.8 Å². The highest BCUT2D eigenvalue weighted by Crippen LogP contribution is 2.28. The van der Waals surface area contributed by atoms with Crippen molar-refractivity contribution in [3.8, 4) is 0 Å². The molecule has 0 atom stereocenters. The summed E-state index contributed by atoms with van der Waals surface area (Å²) in [6, 6.07) is 7.54. The van der Waals surface area contributed by atoms with Crippen LogP contribution in [0.3, 0.4) is 0 Å². The van der Waals surface area contributed by atoms with Gasteiger partial charge in [-0.2, -0.15) is 0 Å². The van der Waals surface area contributed by atoms with Crippen LogP contribution in [-0.2, 0) is 6.54 Å². The smallest absolute Gasteiger partial charge is 0.269 e. The van der Waals surface area contributed by atoms with Gasteiger partial charge in [-0.1, -0.05) is 23.7 Å². The molecule has 0 unspecified atom stereocenters. The molecule has 0 spiro atoms. The first kappa shape index (κ1) is 14.3. The number of nitro benzene ring substituents is 1. The van der Waals surface area contributed by atoms with Crippen molar-refractivity contribution in [2.24, 2.45) is 0 Å². The maximum absolute atomic E-state index is 11.9. The van der Waals surface area contributed by atoms with Crippen molar-refractivity contribution in [2.45, 2.75) is 6.54 Å². The van der Waals surface area contributed by atoms with Crippen LogP contribution in [0.25, 0.3) is 0 Å². The Morgan fingerprint density at radius 1 is 1.45 bits per heavy atom. The number of carbonyl (C=O) groups excluding carboxylic acids is 1. The minimum atomic E-state index is -0.484. The van der Waals surface area contributed by atoms with Gasteiger partial charge in [0.2, 0.25) is 0 Å². The third-order valence-corrected chi connectivity index (χ3v) is 3.64. The highest BCUT2D eigenvalue weighted by molar-refractivity contribution is 7.20. The summed E-state index contributed by atoms with van der Waals surface area (Å²) in [7, 11) is 0. The number of carbonyl (C=O) groups is 1. The molecule has 2 rings (SSSR count). The molecule has 20 heavy (non-hydrogen) atoms. The fourth-order valence-electron chi connectivity index (χ4n) is 1.61. The van der Waals surface area contributed by atoms with Gasteiger partial charge in [-0.25, -0.2) is 0 Å². The minimum absolute atomic E-state index is 0.0187. The number of amides is 1. The Bertz CT molecular complexity index is 672. The van der Waals surface area contributed by atoms with Crippen molar-refractivity contribution in [3.05, 3.63) is 55.9 Å². The van der Waals surface area contributed by atoms with Gasteiger partial charge in [0.25, 0.3) is 11.6 Å². The van der Waals surface area contributed by atoms with Crippen LogP contribution in [0.15, 0.2) is 30.3 Å². The lowest BCUT2D eigenvalue weighted by atomic mass is 10.2. The normalized spacial score (nSPS) is 10.2. The van der Waals surface area contributed by atoms with Crippen LogP contribution in [0.4, 0.5) is 10.7 Å². The van der Waals surface area contributed by atoms with Crippen molar-refractivity contribution in [3.63, 3.8) is 0 Å². The molecule has 0 saturated carbocycles. The number of nitrogens with one attached hydrogen (secondary N) is 1. The lowest BCUT2D eigenvalue weighted by Crippen LogP contribution is -2.23. The van der Waals surface area contributed by atoms with Crippen molar-refractivity contribution in [1.82, 2.24) is 5.32 Å². The molecule has 1 aromatic carbocycles. The van der Waals surface area contributed by atoms with Crippen LogP contribution in [-0.4, -0.2) is 10.8 Å². The second-order valence-electron chi connectivity index (χ2n) is 3.94. The van der Waals surface area contributed by atoms with Crippen LogP contribution in [0, 0.1) is 10.1 Å². The number of nitrogens with two attached hydrogens (primary N) is 1. The van der Waals surface area contributed by atoms with E-state index in [9.17, 15) is 14.9 Å². The molecule has 0 radical (unpaired) electrons. The van der Waals surface area contributed by atoms with E-state index in [2.05, 4.69) is 5.32 Å². The van der Waals surface area contributed by atoms with E-state index in [1.165, 1.54) is 18.2 Å². The Kier molecular flexibility index (Phi) is 4.21. The molecule has 0 aliphatic heterocycles. The maximum atomic E-state index is 11.9. The van der Waals surface area contributed by atoms with Crippen molar-refractivity contribution in [2.75, 3.05) is 5.73 Å². The first-order valence-electron chi connectivity index (χ1n) is 5.53. The predicted octanol–water partition coefficient (Wildman–Crippen LogP) is 2.82. The number of nitro groups is 1. The van der Waals surface area contributed by atoms with Gasteiger partial charge in [0.1, 0.15) is 5.00 Å². The van der Waals surface area contributed by atoms with Gasteiger partial charge in [0, 0.05) is 18.7 Å². The molecule has 0 aliphatic rings. The molecule has 1 aromatic heterocycles. The molecule has 0 saturated heterocycles. The molecule has 0 fully saturated rings. The van der Waals surface area contributed by atoms with Crippen molar-refractivity contribution >= 4 is 39.5 Å².